The molecule has 0 spiro atoms. The summed E-state index contributed by atoms with van der Waals surface area (Å²) >= 11 is 0. The number of carbonyl (C=O) groups excluding carboxylic acids is 1. The van der Waals surface area contributed by atoms with Crippen molar-refractivity contribution in [2.75, 3.05) is 0 Å². The molecule has 0 saturated heterocycles. The Balaban J connectivity index is 2.26. The molecule has 1 aromatic heterocycles. The molecule has 0 amide bonds. The van der Waals surface area contributed by atoms with Crippen LogP contribution in [0.4, 0.5) is 0 Å². The number of imidazole rings is 1. The number of nitrogens with zero attached hydrogens (tertiary/aromatic N) is 2. The Bertz CT molecular complexity index is 642. The van der Waals surface area contributed by atoms with Crippen molar-refractivity contribution in [1.29, 1.82) is 0 Å². The summed E-state index contributed by atoms with van der Waals surface area (Å²) in [5.74, 6) is 0.478. The molecule has 0 unspecified atom stereocenters. The third-order valence-corrected chi connectivity index (χ3v) is 3.08. The van der Waals surface area contributed by atoms with Gasteiger partial charge in [0.05, 0.1) is 5.69 Å². The largest absolute Gasteiger partial charge is 0.456 e. The van der Waals surface area contributed by atoms with E-state index in [0.29, 0.717) is 5.57 Å². The van der Waals surface area contributed by atoms with E-state index in [1.54, 1.807) is 6.92 Å². The summed E-state index contributed by atoms with van der Waals surface area (Å²) in [6.07, 6.45) is 0. The van der Waals surface area contributed by atoms with Crippen molar-refractivity contribution in [3.05, 3.63) is 59.7 Å². The Morgan fingerprint density at radius 2 is 1.95 bits per heavy atom. The highest BCUT2D eigenvalue weighted by Crippen LogP contribution is 2.18. The predicted octanol–water partition coefficient (Wildman–Crippen LogP) is 3.11. The number of esters is 1. The summed E-state index contributed by atoms with van der Waals surface area (Å²) in [4.78, 5) is 15.9. The Kier molecular flexibility index (Phi) is 4.03. The van der Waals surface area contributed by atoms with Crippen LogP contribution >= 0.6 is 0 Å². The van der Waals surface area contributed by atoms with E-state index in [-0.39, 0.29) is 6.61 Å². The molecule has 0 aliphatic carbocycles. The van der Waals surface area contributed by atoms with Crippen LogP contribution in [-0.4, -0.2) is 15.5 Å². The zero-order valence-corrected chi connectivity index (χ0v) is 12.0. The van der Waals surface area contributed by atoms with Gasteiger partial charge in [0.15, 0.2) is 0 Å². The summed E-state index contributed by atoms with van der Waals surface area (Å²) in [6, 6.07) is 9.97. The quantitative estimate of drug-likeness (QED) is 0.633. The van der Waals surface area contributed by atoms with Crippen molar-refractivity contribution in [2.24, 2.45) is 0 Å². The molecule has 0 N–H and O–H groups in total. The first kappa shape index (κ1) is 14.1. The van der Waals surface area contributed by atoms with Crippen molar-refractivity contribution in [3.63, 3.8) is 0 Å². The van der Waals surface area contributed by atoms with Gasteiger partial charge >= 0.3 is 5.97 Å². The molecular weight excluding hydrogens is 252 g/mol. The average Bonchev–Trinajstić information content (AvgIpc) is 2.71. The molecule has 0 aliphatic rings. The highest BCUT2D eigenvalue weighted by Gasteiger charge is 2.14. The predicted molar refractivity (Wildman–Crippen MR) is 77.6 cm³/mol. The summed E-state index contributed by atoms with van der Waals surface area (Å²) in [5, 5.41) is 0. The van der Waals surface area contributed by atoms with Gasteiger partial charge in [-0.3, -0.25) is 0 Å². The van der Waals surface area contributed by atoms with E-state index in [1.807, 2.05) is 48.7 Å². The molecule has 104 valence electrons. The van der Waals surface area contributed by atoms with Gasteiger partial charge in [0.1, 0.15) is 12.4 Å². The van der Waals surface area contributed by atoms with Crippen LogP contribution < -0.4 is 0 Å². The van der Waals surface area contributed by atoms with Gasteiger partial charge in [0.2, 0.25) is 0 Å². The lowest BCUT2D eigenvalue weighted by atomic mass is 10.3. The maximum absolute atomic E-state index is 11.4. The van der Waals surface area contributed by atoms with Crippen LogP contribution in [0, 0.1) is 13.8 Å². The van der Waals surface area contributed by atoms with E-state index in [4.69, 9.17) is 4.74 Å². The smallest absolute Gasteiger partial charge is 0.333 e. The first-order valence-corrected chi connectivity index (χ1v) is 6.43. The van der Waals surface area contributed by atoms with Crippen LogP contribution in [0.1, 0.15) is 24.1 Å². The fourth-order valence-corrected chi connectivity index (χ4v) is 2.05. The van der Waals surface area contributed by atoms with Crippen LogP contribution in [0.3, 0.4) is 0 Å². The zero-order chi connectivity index (χ0) is 14.7. The summed E-state index contributed by atoms with van der Waals surface area (Å²) in [7, 11) is 0. The highest BCUT2D eigenvalue weighted by molar-refractivity contribution is 5.86. The molecule has 4 nitrogen and oxygen atoms in total. The standard InChI is InChI=1S/C16H18N2O2/c1-11(2)16(19)20-10-15-12(3)18(13(4)17-15)14-8-6-5-7-9-14/h5-9H,1,10H2,2-4H3. The maximum Gasteiger partial charge on any atom is 0.333 e. The second-order valence-electron chi connectivity index (χ2n) is 4.72. The molecule has 0 radical (unpaired) electrons. The summed E-state index contributed by atoms with van der Waals surface area (Å²) in [6.45, 7) is 9.26. The van der Waals surface area contributed by atoms with Gasteiger partial charge in [0, 0.05) is 17.0 Å². The van der Waals surface area contributed by atoms with Gasteiger partial charge in [-0.1, -0.05) is 24.8 Å². The zero-order valence-electron chi connectivity index (χ0n) is 12.0. The number of aryl methyl sites for hydroxylation is 1. The minimum absolute atomic E-state index is 0.165. The van der Waals surface area contributed by atoms with E-state index < -0.39 is 5.97 Å². The van der Waals surface area contributed by atoms with Crippen LogP contribution in [0.25, 0.3) is 5.69 Å². The maximum atomic E-state index is 11.4. The Hall–Kier alpha value is -2.36. The number of benzene rings is 1. The lowest BCUT2D eigenvalue weighted by Gasteiger charge is -2.08. The van der Waals surface area contributed by atoms with Crippen molar-refractivity contribution in [3.8, 4) is 5.69 Å². The number of ether oxygens (including phenoxy) is 1. The highest BCUT2D eigenvalue weighted by atomic mass is 16.5. The molecule has 1 heterocycles. The van der Waals surface area contributed by atoms with Crippen LogP contribution in [-0.2, 0) is 16.1 Å². The van der Waals surface area contributed by atoms with Gasteiger partial charge in [-0.05, 0) is 32.9 Å². The van der Waals surface area contributed by atoms with E-state index in [0.717, 1.165) is 22.9 Å². The summed E-state index contributed by atoms with van der Waals surface area (Å²) in [5.41, 5.74) is 3.18. The van der Waals surface area contributed by atoms with Gasteiger partial charge < -0.3 is 9.30 Å². The van der Waals surface area contributed by atoms with Gasteiger partial charge in [-0.25, -0.2) is 9.78 Å². The first-order valence-electron chi connectivity index (χ1n) is 6.43. The Labute approximate surface area is 118 Å². The molecule has 0 aliphatic heterocycles. The number of para-hydroxylation sites is 1. The van der Waals surface area contributed by atoms with Crippen molar-refractivity contribution in [1.82, 2.24) is 9.55 Å². The minimum atomic E-state index is -0.392. The molecule has 0 saturated carbocycles. The topological polar surface area (TPSA) is 44.1 Å². The van der Waals surface area contributed by atoms with E-state index >= 15 is 0 Å². The van der Waals surface area contributed by atoms with E-state index in [1.165, 1.54) is 0 Å². The van der Waals surface area contributed by atoms with E-state index in [2.05, 4.69) is 11.6 Å². The lowest BCUT2D eigenvalue weighted by Crippen LogP contribution is -2.06. The molecule has 0 bridgehead atoms. The molecule has 2 aromatic rings. The van der Waals surface area contributed by atoms with Crippen molar-refractivity contribution < 1.29 is 9.53 Å². The van der Waals surface area contributed by atoms with Gasteiger partial charge in [0.25, 0.3) is 0 Å². The molecule has 0 fully saturated rings. The Morgan fingerprint density at radius 3 is 2.55 bits per heavy atom. The SMILES string of the molecule is C=C(C)C(=O)OCc1nc(C)n(-c2ccccc2)c1C. The molecule has 20 heavy (non-hydrogen) atoms. The first-order chi connectivity index (χ1) is 9.50. The van der Waals surface area contributed by atoms with Gasteiger partial charge in [-0.2, -0.15) is 0 Å². The molecule has 2 rings (SSSR count). The van der Waals surface area contributed by atoms with Crippen LogP contribution in [0.5, 0.6) is 0 Å². The number of aromatic nitrogens is 2. The molecule has 0 atom stereocenters. The lowest BCUT2D eigenvalue weighted by molar-refractivity contribution is -0.140. The third-order valence-electron chi connectivity index (χ3n) is 3.08. The minimum Gasteiger partial charge on any atom is -0.456 e. The van der Waals surface area contributed by atoms with E-state index in [9.17, 15) is 4.79 Å². The summed E-state index contributed by atoms with van der Waals surface area (Å²) < 4.78 is 7.21. The van der Waals surface area contributed by atoms with Crippen LogP contribution in [0.15, 0.2) is 42.5 Å². The fourth-order valence-electron chi connectivity index (χ4n) is 2.05. The molecule has 4 heteroatoms. The normalized spacial score (nSPS) is 10.3. The fraction of sp³-hybridized carbons (Fsp3) is 0.250. The number of hydrogen-bond acceptors (Lipinski definition) is 3. The number of rotatable bonds is 4. The van der Waals surface area contributed by atoms with Crippen LogP contribution in [0.2, 0.25) is 0 Å². The number of hydrogen-bond donors (Lipinski definition) is 0. The average molecular weight is 270 g/mol. The molecule has 1 aromatic carbocycles. The third kappa shape index (κ3) is 2.79. The molecular formula is C16H18N2O2. The second kappa shape index (κ2) is 5.74. The van der Waals surface area contributed by atoms with Crippen molar-refractivity contribution in [2.45, 2.75) is 27.4 Å². The van der Waals surface area contributed by atoms with Gasteiger partial charge in [-0.15, -0.1) is 0 Å². The number of carbonyl (C=O) groups is 1. The second-order valence-corrected chi connectivity index (χ2v) is 4.72. The monoisotopic (exact) mass is 270 g/mol. The Morgan fingerprint density at radius 1 is 1.30 bits per heavy atom. The van der Waals surface area contributed by atoms with Crippen molar-refractivity contribution >= 4 is 5.97 Å².